The summed E-state index contributed by atoms with van der Waals surface area (Å²) in [6.07, 6.45) is 0. The maximum absolute atomic E-state index is 12.8. The predicted octanol–water partition coefficient (Wildman–Crippen LogP) is 0.865. The largest absolute Gasteiger partial charge is 0.394 e. The Kier molecular flexibility index (Phi) is 3.28. The average Bonchev–Trinajstić information content (AvgIpc) is 2.20. The summed E-state index contributed by atoms with van der Waals surface area (Å²) in [6.45, 7) is -0.591. The number of nitrogens with zero attached hydrogens (tertiary/aromatic N) is 1. The molecular weight excluding hydrogens is 210 g/mol. The standard InChI is InChI=1S/C8H8F2N2O3/c9-5-1-4(7(11)3-13)8(12(14)15)2-6(5)10/h1-2,7,13H,3,11H2/t7-/m0/s1. The van der Waals surface area contributed by atoms with Gasteiger partial charge in [0.1, 0.15) is 0 Å². The van der Waals surface area contributed by atoms with E-state index in [0.717, 1.165) is 0 Å². The molecule has 0 fully saturated rings. The highest BCUT2D eigenvalue weighted by Crippen LogP contribution is 2.26. The van der Waals surface area contributed by atoms with E-state index in [4.69, 9.17) is 10.8 Å². The molecule has 7 heteroatoms. The molecular formula is C8H8F2N2O3. The van der Waals surface area contributed by atoms with Crippen LogP contribution >= 0.6 is 0 Å². The van der Waals surface area contributed by atoms with Crippen LogP contribution in [0.15, 0.2) is 12.1 Å². The summed E-state index contributed by atoms with van der Waals surface area (Å²) >= 11 is 0. The van der Waals surface area contributed by atoms with E-state index in [-0.39, 0.29) is 5.56 Å². The predicted molar refractivity (Wildman–Crippen MR) is 47.0 cm³/mol. The molecule has 82 valence electrons. The lowest BCUT2D eigenvalue weighted by atomic mass is 10.1. The lowest BCUT2D eigenvalue weighted by molar-refractivity contribution is -0.386. The molecule has 0 radical (unpaired) electrons. The number of hydrogen-bond acceptors (Lipinski definition) is 4. The third kappa shape index (κ3) is 2.25. The minimum atomic E-state index is -1.32. The van der Waals surface area contributed by atoms with Gasteiger partial charge in [0.25, 0.3) is 5.69 Å². The van der Waals surface area contributed by atoms with Crippen molar-refractivity contribution in [2.24, 2.45) is 5.73 Å². The molecule has 3 N–H and O–H groups in total. The molecule has 5 nitrogen and oxygen atoms in total. The van der Waals surface area contributed by atoms with Crippen molar-refractivity contribution in [3.05, 3.63) is 39.4 Å². The molecule has 0 aliphatic carbocycles. The van der Waals surface area contributed by atoms with Crippen molar-refractivity contribution in [1.82, 2.24) is 0 Å². The molecule has 1 atom stereocenters. The summed E-state index contributed by atoms with van der Waals surface area (Å²) < 4.78 is 25.5. The Hall–Kier alpha value is -1.60. The number of nitro benzene ring substituents is 1. The van der Waals surface area contributed by atoms with E-state index in [9.17, 15) is 18.9 Å². The number of hydrogen-bond donors (Lipinski definition) is 2. The van der Waals surface area contributed by atoms with E-state index >= 15 is 0 Å². The highest BCUT2D eigenvalue weighted by atomic mass is 19.2. The molecule has 0 heterocycles. The molecule has 0 bridgehead atoms. The van der Waals surface area contributed by atoms with Crippen molar-refractivity contribution in [2.75, 3.05) is 6.61 Å². The second-order valence-corrected chi connectivity index (χ2v) is 2.87. The van der Waals surface area contributed by atoms with Gasteiger partial charge in [-0.2, -0.15) is 0 Å². The third-order valence-electron chi connectivity index (χ3n) is 1.86. The molecule has 0 spiro atoms. The molecule has 0 amide bonds. The van der Waals surface area contributed by atoms with Gasteiger partial charge in [0.05, 0.1) is 29.2 Å². The van der Waals surface area contributed by atoms with Gasteiger partial charge in [0, 0.05) is 0 Å². The Morgan fingerprint density at radius 3 is 2.47 bits per heavy atom. The quantitative estimate of drug-likeness (QED) is 0.581. The number of nitro groups is 1. The van der Waals surface area contributed by atoms with Gasteiger partial charge in [0.2, 0.25) is 0 Å². The summed E-state index contributed by atoms with van der Waals surface area (Å²) in [7, 11) is 0. The molecule has 1 aromatic carbocycles. The van der Waals surface area contributed by atoms with Crippen LogP contribution in [0.4, 0.5) is 14.5 Å². The second-order valence-electron chi connectivity index (χ2n) is 2.87. The van der Waals surface area contributed by atoms with Gasteiger partial charge in [-0.05, 0) is 6.07 Å². The molecule has 1 aromatic rings. The first-order valence-corrected chi connectivity index (χ1v) is 3.97. The zero-order valence-corrected chi connectivity index (χ0v) is 7.48. The van der Waals surface area contributed by atoms with E-state index in [0.29, 0.717) is 12.1 Å². The van der Waals surface area contributed by atoms with E-state index in [1.54, 1.807) is 0 Å². The zero-order chi connectivity index (χ0) is 11.6. The molecule has 15 heavy (non-hydrogen) atoms. The van der Waals surface area contributed by atoms with Gasteiger partial charge in [0.15, 0.2) is 11.6 Å². The minimum Gasteiger partial charge on any atom is -0.394 e. The van der Waals surface area contributed by atoms with Crippen molar-refractivity contribution < 1.29 is 18.8 Å². The first-order chi connectivity index (χ1) is 6.97. The molecule has 0 saturated carbocycles. The van der Waals surface area contributed by atoms with Crippen LogP contribution in [0.3, 0.4) is 0 Å². The van der Waals surface area contributed by atoms with Crippen LogP contribution in [0, 0.1) is 21.7 Å². The van der Waals surface area contributed by atoms with Crippen molar-refractivity contribution in [3.8, 4) is 0 Å². The zero-order valence-electron chi connectivity index (χ0n) is 7.48. The van der Waals surface area contributed by atoms with Gasteiger partial charge in [-0.1, -0.05) is 0 Å². The third-order valence-corrected chi connectivity index (χ3v) is 1.86. The van der Waals surface area contributed by atoms with Gasteiger partial charge in [-0.3, -0.25) is 10.1 Å². The van der Waals surface area contributed by atoms with Crippen LogP contribution in [0.1, 0.15) is 11.6 Å². The van der Waals surface area contributed by atoms with Crippen molar-refractivity contribution in [2.45, 2.75) is 6.04 Å². The smallest absolute Gasteiger partial charge is 0.277 e. The monoisotopic (exact) mass is 218 g/mol. The van der Waals surface area contributed by atoms with E-state index in [1.807, 2.05) is 0 Å². The molecule has 1 rings (SSSR count). The van der Waals surface area contributed by atoms with Gasteiger partial charge < -0.3 is 10.8 Å². The van der Waals surface area contributed by atoms with Crippen LogP contribution in [0.25, 0.3) is 0 Å². The summed E-state index contributed by atoms with van der Waals surface area (Å²) in [4.78, 5) is 9.60. The number of benzene rings is 1. The van der Waals surface area contributed by atoms with Crippen LogP contribution in [0.2, 0.25) is 0 Å². The van der Waals surface area contributed by atoms with E-state index in [2.05, 4.69) is 0 Å². The Bertz CT molecular complexity index is 398. The fraction of sp³-hybridized carbons (Fsp3) is 0.250. The lowest BCUT2D eigenvalue weighted by Gasteiger charge is -2.09. The van der Waals surface area contributed by atoms with Crippen molar-refractivity contribution in [3.63, 3.8) is 0 Å². The van der Waals surface area contributed by atoms with E-state index < -0.39 is 34.9 Å². The summed E-state index contributed by atoms with van der Waals surface area (Å²) in [5.41, 5.74) is 4.43. The lowest BCUT2D eigenvalue weighted by Crippen LogP contribution is -2.16. The summed E-state index contributed by atoms with van der Waals surface area (Å²) in [6, 6.07) is -0.0466. The summed E-state index contributed by atoms with van der Waals surface area (Å²) in [5.74, 6) is -2.56. The molecule has 0 aliphatic heterocycles. The second kappa shape index (κ2) is 4.28. The normalized spacial score (nSPS) is 12.5. The fourth-order valence-corrected chi connectivity index (χ4v) is 1.11. The van der Waals surface area contributed by atoms with E-state index in [1.165, 1.54) is 0 Å². The SMILES string of the molecule is N[C@@H](CO)c1cc(F)c(F)cc1[N+](=O)[O-]. The fourth-order valence-electron chi connectivity index (χ4n) is 1.11. The van der Waals surface area contributed by atoms with Gasteiger partial charge >= 0.3 is 0 Å². The number of aliphatic hydroxyl groups is 1. The van der Waals surface area contributed by atoms with Gasteiger partial charge in [-0.25, -0.2) is 8.78 Å². The Balaban J connectivity index is 3.34. The van der Waals surface area contributed by atoms with Crippen LogP contribution in [0.5, 0.6) is 0 Å². The number of aliphatic hydroxyl groups excluding tert-OH is 1. The molecule has 0 saturated heterocycles. The maximum atomic E-state index is 12.8. The number of nitrogens with two attached hydrogens (primary N) is 1. The first-order valence-electron chi connectivity index (χ1n) is 3.97. The van der Waals surface area contributed by atoms with Crippen LogP contribution < -0.4 is 5.73 Å². The summed E-state index contributed by atoms with van der Waals surface area (Å²) in [5, 5.41) is 19.2. The van der Waals surface area contributed by atoms with Crippen molar-refractivity contribution in [1.29, 1.82) is 0 Å². The Morgan fingerprint density at radius 1 is 1.47 bits per heavy atom. The first kappa shape index (κ1) is 11.5. The topological polar surface area (TPSA) is 89.4 Å². The Labute approximate surface area is 83.3 Å². The number of rotatable bonds is 3. The molecule has 0 aliphatic rings. The average molecular weight is 218 g/mol. The Morgan fingerprint density at radius 2 is 2.00 bits per heavy atom. The maximum Gasteiger partial charge on any atom is 0.277 e. The highest BCUT2D eigenvalue weighted by Gasteiger charge is 2.22. The molecule has 0 unspecified atom stereocenters. The van der Waals surface area contributed by atoms with Crippen LogP contribution in [-0.4, -0.2) is 16.6 Å². The van der Waals surface area contributed by atoms with Gasteiger partial charge in [-0.15, -0.1) is 0 Å². The number of halogens is 2. The van der Waals surface area contributed by atoms with Crippen LogP contribution in [-0.2, 0) is 0 Å². The highest BCUT2D eigenvalue weighted by molar-refractivity contribution is 5.43. The minimum absolute atomic E-state index is 0.235. The van der Waals surface area contributed by atoms with Crippen molar-refractivity contribution >= 4 is 5.69 Å². The molecule has 0 aromatic heterocycles.